The van der Waals surface area contributed by atoms with Crippen molar-refractivity contribution in [2.45, 2.75) is 13.0 Å². The zero-order valence-electron chi connectivity index (χ0n) is 11.4. The summed E-state index contributed by atoms with van der Waals surface area (Å²) in [4.78, 5) is 9.16. The maximum absolute atomic E-state index is 13.9. The highest BCUT2D eigenvalue weighted by Crippen LogP contribution is 2.28. The van der Waals surface area contributed by atoms with Gasteiger partial charge in [-0.25, -0.2) is 14.4 Å². The zero-order valence-corrected chi connectivity index (χ0v) is 11.4. The Bertz CT molecular complexity index is 829. The van der Waals surface area contributed by atoms with Gasteiger partial charge in [-0.1, -0.05) is 24.3 Å². The van der Waals surface area contributed by atoms with E-state index < -0.39 is 0 Å². The average molecular weight is 279 g/mol. The van der Waals surface area contributed by atoms with Gasteiger partial charge in [0.05, 0.1) is 5.69 Å². The van der Waals surface area contributed by atoms with E-state index in [1.165, 1.54) is 6.07 Å². The summed E-state index contributed by atoms with van der Waals surface area (Å²) in [5, 5.41) is 4.77. The number of hydrogen-bond acceptors (Lipinski definition) is 3. The van der Waals surface area contributed by atoms with E-state index in [1.54, 1.807) is 12.1 Å². The second-order valence-corrected chi connectivity index (χ2v) is 5.23. The van der Waals surface area contributed by atoms with Crippen LogP contribution in [0, 0.1) is 5.82 Å². The SMILES string of the molecule is Fc1ccc(-c2ncc3c(n2)CCNC3)c2ccccc12. The van der Waals surface area contributed by atoms with Gasteiger partial charge in [0.2, 0.25) is 0 Å². The van der Waals surface area contributed by atoms with E-state index in [2.05, 4.69) is 15.3 Å². The standard InChI is InChI=1S/C17H14FN3/c18-15-6-5-14(12-3-1-2-4-13(12)15)17-20-10-11-9-19-8-7-16(11)21-17/h1-6,10,19H,7-9H2. The fourth-order valence-corrected chi connectivity index (χ4v) is 2.82. The van der Waals surface area contributed by atoms with E-state index in [0.29, 0.717) is 11.2 Å². The van der Waals surface area contributed by atoms with Gasteiger partial charge in [-0.2, -0.15) is 0 Å². The van der Waals surface area contributed by atoms with Crippen LogP contribution in [0.15, 0.2) is 42.6 Å². The molecule has 3 aromatic rings. The zero-order chi connectivity index (χ0) is 14.2. The van der Waals surface area contributed by atoms with Gasteiger partial charge in [-0.15, -0.1) is 0 Å². The number of hydrogen-bond donors (Lipinski definition) is 1. The second-order valence-electron chi connectivity index (χ2n) is 5.23. The van der Waals surface area contributed by atoms with Gasteiger partial charge >= 0.3 is 0 Å². The van der Waals surface area contributed by atoms with E-state index in [0.717, 1.165) is 41.7 Å². The van der Waals surface area contributed by atoms with Crippen molar-refractivity contribution in [1.29, 1.82) is 0 Å². The van der Waals surface area contributed by atoms with Crippen molar-refractivity contribution in [3.8, 4) is 11.4 Å². The molecule has 0 amide bonds. The molecular weight excluding hydrogens is 265 g/mol. The monoisotopic (exact) mass is 279 g/mol. The van der Waals surface area contributed by atoms with Crippen LogP contribution in [-0.2, 0) is 13.0 Å². The lowest BCUT2D eigenvalue weighted by Crippen LogP contribution is -2.24. The van der Waals surface area contributed by atoms with Crippen LogP contribution in [0.2, 0.25) is 0 Å². The number of nitrogens with one attached hydrogen (secondary N) is 1. The summed E-state index contributed by atoms with van der Waals surface area (Å²) in [5.41, 5.74) is 3.12. The molecule has 0 saturated heterocycles. The number of aromatic nitrogens is 2. The molecule has 104 valence electrons. The Morgan fingerprint density at radius 2 is 1.90 bits per heavy atom. The van der Waals surface area contributed by atoms with Crippen LogP contribution in [0.25, 0.3) is 22.2 Å². The molecular formula is C17H14FN3. The Morgan fingerprint density at radius 1 is 1.05 bits per heavy atom. The first kappa shape index (κ1) is 12.4. The lowest BCUT2D eigenvalue weighted by molar-refractivity contribution is 0.626. The van der Waals surface area contributed by atoms with Crippen LogP contribution in [0.1, 0.15) is 11.3 Å². The Hall–Kier alpha value is -2.33. The summed E-state index contributed by atoms with van der Waals surface area (Å²) in [7, 11) is 0. The molecule has 1 aliphatic heterocycles. The first-order chi connectivity index (χ1) is 10.3. The van der Waals surface area contributed by atoms with Gasteiger partial charge < -0.3 is 5.32 Å². The van der Waals surface area contributed by atoms with Gasteiger partial charge in [0.1, 0.15) is 5.82 Å². The maximum Gasteiger partial charge on any atom is 0.160 e. The summed E-state index contributed by atoms with van der Waals surface area (Å²) < 4.78 is 13.9. The van der Waals surface area contributed by atoms with Crippen LogP contribution < -0.4 is 5.32 Å². The number of fused-ring (bicyclic) bond motifs is 2. The van der Waals surface area contributed by atoms with Crippen molar-refractivity contribution in [2.75, 3.05) is 6.54 Å². The molecule has 0 spiro atoms. The molecule has 1 aromatic heterocycles. The van der Waals surface area contributed by atoms with Crippen LogP contribution in [-0.4, -0.2) is 16.5 Å². The van der Waals surface area contributed by atoms with Gasteiger partial charge in [0.25, 0.3) is 0 Å². The maximum atomic E-state index is 13.9. The van der Waals surface area contributed by atoms with E-state index >= 15 is 0 Å². The number of nitrogens with zero attached hydrogens (tertiary/aromatic N) is 2. The number of benzene rings is 2. The van der Waals surface area contributed by atoms with Crippen molar-refractivity contribution in [1.82, 2.24) is 15.3 Å². The smallest absolute Gasteiger partial charge is 0.160 e. The summed E-state index contributed by atoms with van der Waals surface area (Å²) in [5.74, 6) is 0.461. The van der Waals surface area contributed by atoms with Crippen LogP contribution in [0.3, 0.4) is 0 Å². The van der Waals surface area contributed by atoms with Gasteiger partial charge in [-0.3, -0.25) is 0 Å². The largest absolute Gasteiger partial charge is 0.312 e. The highest BCUT2D eigenvalue weighted by atomic mass is 19.1. The molecule has 2 aromatic carbocycles. The van der Waals surface area contributed by atoms with Crippen molar-refractivity contribution in [3.63, 3.8) is 0 Å². The van der Waals surface area contributed by atoms with E-state index in [4.69, 9.17) is 0 Å². The molecule has 0 saturated carbocycles. The Kier molecular flexibility index (Phi) is 2.89. The van der Waals surface area contributed by atoms with Crippen LogP contribution in [0.5, 0.6) is 0 Å². The minimum absolute atomic E-state index is 0.212. The molecule has 4 rings (SSSR count). The summed E-state index contributed by atoms with van der Waals surface area (Å²) in [6.45, 7) is 1.76. The third-order valence-corrected chi connectivity index (χ3v) is 3.92. The third kappa shape index (κ3) is 2.08. The topological polar surface area (TPSA) is 37.8 Å². The molecule has 3 nitrogen and oxygen atoms in total. The van der Waals surface area contributed by atoms with Gasteiger partial charge in [0, 0.05) is 42.2 Å². The van der Waals surface area contributed by atoms with Crippen LogP contribution >= 0.6 is 0 Å². The van der Waals surface area contributed by atoms with Gasteiger partial charge in [-0.05, 0) is 17.5 Å². The molecule has 21 heavy (non-hydrogen) atoms. The van der Waals surface area contributed by atoms with Crippen molar-refractivity contribution >= 4 is 10.8 Å². The molecule has 4 heteroatoms. The highest BCUT2D eigenvalue weighted by molar-refractivity contribution is 5.95. The molecule has 0 bridgehead atoms. The van der Waals surface area contributed by atoms with Crippen molar-refractivity contribution in [2.24, 2.45) is 0 Å². The van der Waals surface area contributed by atoms with E-state index in [9.17, 15) is 4.39 Å². The fourth-order valence-electron chi connectivity index (χ4n) is 2.82. The predicted molar refractivity (Wildman–Crippen MR) is 80.3 cm³/mol. The first-order valence-corrected chi connectivity index (χ1v) is 7.06. The van der Waals surface area contributed by atoms with Crippen molar-refractivity contribution in [3.05, 3.63) is 59.7 Å². The fraction of sp³-hybridized carbons (Fsp3) is 0.176. The van der Waals surface area contributed by atoms with Crippen LogP contribution in [0.4, 0.5) is 4.39 Å². The Labute approximate surface area is 121 Å². The molecule has 1 N–H and O–H groups in total. The summed E-state index contributed by atoms with van der Waals surface area (Å²) in [6.07, 6.45) is 2.78. The van der Waals surface area contributed by atoms with Gasteiger partial charge in [0.15, 0.2) is 5.82 Å². The Morgan fingerprint density at radius 3 is 2.81 bits per heavy atom. The molecule has 0 radical (unpaired) electrons. The molecule has 2 heterocycles. The minimum atomic E-state index is -0.212. The lowest BCUT2D eigenvalue weighted by Gasteiger charge is -2.16. The Balaban J connectivity index is 1.92. The molecule has 0 atom stereocenters. The average Bonchev–Trinajstić information content (AvgIpc) is 2.55. The predicted octanol–water partition coefficient (Wildman–Crippen LogP) is 3.08. The lowest BCUT2D eigenvalue weighted by atomic mass is 10.0. The van der Waals surface area contributed by atoms with Crippen molar-refractivity contribution < 1.29 is 4.39 Å². The number of rotatable bonds is 1. The molecule has 0 aliphatic carbocycles. The normalized spacial score (nSPS) is 14.1. The van der Waals surface area contributed by atoms with E-state index in [-0.39, 0.29) is 5.82 Å². The summed E-state index contributed by atoms with van der Waals surface area (Å²) in [6, 6.07) is 10.7. The second kappa shape index (κ2) is 4.90. The minimum Gasteiger partial charge on any atom is -0.312 e. The number of halogens is 1. The first-order valence-electron chi connectivity index (χ1n) is 7.06. The highest BCUT2D eigenvalue weighted by Gasteiger charge is 2.14. The summed E-state index contributed by atoms with van der Waals surface area (Å²) >= 11 is 0. The quantitative estimate of drug-likeness (QED) is 0.744. The van der Waals surface area contributed by atoms with E-state index in [1.807, 2.05) is 24.4 Å². The molecule has 1 aliphatic rings. The molecule has 0 fully saturated rings. The molecule has 0 unspecified atom stereocenters. The third-order valence-electron chi connectivity index (χ3n) is 3.92.